The van der Waals surface area contributed by atoms with Crippen LogP contribution < -0.4 is 10.1 Å². The molecule has 0 saturated carbocycles. The molecule has 144 valence electrons. The quantitative estimate of drug-likeness (QED) is 0.788. The number of benzene rings is 2. The Balaban J connectivity index is 1.71. The molecule has 2 unspecified atom stereocenters. The fourth-order valence-corrected chi connectivity index (χ4v) is 3.95. The Bertz CT molecular complexity index is 757. The summed E-state index contributed by atoms with van der Waals surface area (Å²) in [4.78, 5) is 15.2. The van der Waals surface area contributed by atoms with Crippen molar-refractivity contribution in [3.63, 3.8) is 0 Å². The van der Waals surface area contributed by atoms with E-state index in [0.29, 0.717) is 17.5 Å². The summed E-state index contributed by atoms with van der Waals surface area (Å²) < 4.78 is 5.16. The van der Waals surface area contributed by atoms with Crippen molar-refractivity contribution in [1.29, 1.82) is 0 Å². The van der Waals surface area contributed by atoms with Gasteiger partial charge in [0.2, 0.25) is 0 Å². The number of para-hydroxylation sites is 1. The molecule has 3 rings (SSSR count). The van der Waals surface area contributed by atoms with Crippen LogP contribution in [0.15, 0.2) is 48.5 Å². The minimum Gasteiger partial charge on any atom is -0.497 e. The molecule has 0 bridgehead atoms. The Labute approximate surface area is 162 Å². The van der Waals surface area contributed by atoms with Gasteiger partial charge in [0.05, 0.1) is 7.11 Å². The minimum absolute atomic E-state index is 0.0907. The third-order valence-electron chi connectivity index (χ3n) is 5.64. The van der Waals surface area contributed by atoms with Crippen LogP contribution in [0.4, 0.5) is 5.69 Å². The first-order valence-electron chi connectivity index (χ1n) is 9.83. The number of hydrogen-bond acceptors (Lipinski definition) is 3. The van der Waals surface area contributed by atoms with E-state index in [9.17, 15) is 4.79 Å². The number of likely N-dealkylation sites (tertiary alicyclic amines) is 1. The van der Waals surface area contributed by atoms with Crippen molar-refractivity contribution in [2.45, 2.75) is 44.6 Å². The van der Waals surface area contributed by atoms with E-state index in [2.05, 4.69) is 36.3 Å². The second-order valence-electron chi connectivity index (χ2n) is 7.54. The summed E-state index contributed by atoms with van der Waals surface area (Å²) in [5, 5.41) is 3.10. The fraction of sp³-hybridized carbons (Fsp3) is 0.435. The van der Waals surface area contributed by atoms with Gasteiger partial charge < -0.3 is 15.0 Å². The summed E-state index contributed by atoms with van der Waals surface area (Å²) in [6, 6.07) is 16.0. The zero-order valence-corrected chi connectivity index (χ0v) is 16.6. The number of methoxy groups -OCH3 is 1. The number of piperidine rings is 1. The SMILES string of the molecule is COc1ccc(C(=O)Nc2ccccc2C(C)CC2CCCCN2C)cc1. The zero-order valence-electron chi connectivity index (χ0n) is 16.6. The number of hydrogen-bond donors (Lipinski definition) is 1. The van der Waals surface area contributed by atoms with Crippen LogP contribution in [0.2, 0.25) is 0 Å². The van der Waals surface area contributed by atoms with E-state index in [1.54, 1.807) is 19.2 Å². The molecule has 0 aromatic heterocycles. The number of rotatable bonds is 6. The Kier molecular flexibility index (Phi) is 6.51. The lowest BCUT2D eigenvalue weighted by Crippen LogP contribution is -2.37. The van der Waals surface area contributed by atoms with E-state index in [4.69, 9.17) is 4.74 Å². The molecule has 0 radical (unpaired) electrons. The number of amides is 1. The van der Waals surface area contributed by atoms with Crippen LogP contribution in [0.3, 0.4) is 0 Å². The summed E-state index contributed by atoms with van der Waals surface area (Å²) in [6.07, 6.45) is 5.00. The van der Waals surface area contributed by atoms with E-state index >= 15 is 0 Å². The third-order valence-corrected chi connectivity index (χ3v) is 5.64. The lowest BCUT2D eigenvalue weighted by Gasteiger charge is -2.34. The van der Waals surface area contributed by atoms with E-state index in [0.717, 1.165) is 17.9 Å². The minimum atomic E-state index is -0.0907. The summed E-state index contributed by atoms with van der Waals surface area (Å²) >= 11 is 0. The molecule has 2 aromatic carbocycles. The standard InChI is InChI=1S/C23H30N2O2/c1-17(16-19-8-6-7-15-25(19)2)21-9-4-5-10-22(21)24-23(26)18-11-13-20(27-3)14-12-18/h4-5,9-14,17,19H,6-8,15-16H2,1-3H3,(H,24,26). The summed E-state index contributed by atoms with van der Waals surface area (Å²) in [7, 11) is 3.85. The molecule has 4 heteroatoms. The zero-order chi connectivity index (χ0) is 19.2. The van der Waals surface area contributed by atoms with Crippen molar-refractivity contribution < 1.29 is 9.53 Å². The molecule has 1 saturated heterocycles. The highest BCUT2D eigenvalue weighted by molar-refractivity contribution is 6.04. The molecule has 1 aliphatic heterocycles. The van der Waals surface area contributed by atoms with Crippen molar-refractivity contribution in [3.8, 4) is 5.75 Å². The fourth-order valence-electron chi connectivity index (χ4n) is 3.95. The van der Waals surface area contributed by atoms with Gasteiger partial charge in [0, 0.05) is 17.3 Å². The van der Waals surface area contributed by atoms with E-state index in [1.165, 1.54) is 31.4 Å². The second kappa shape index (κ2) is 9.05. The Hall–Kier alpha value is -2.33. The molecule has 4 nitrogen and oxygen atoms in total. The maximum atomic E-state index is 12.7. The molecule has 1 N–H and O–H groups in total. The van der Waals surface area contributed by atoms with Crippen molar-refractivity contribution >= 4 is 11.6 Å². The predicted molar refractivity (Wildman–Crippen MR) is 111 cm³/mol. The maximum absolute atomic E-state index is 12.7. The summed E-state index contributed by atoms with van der Waals surface area (Å²) in [6.45, 7) is 3.45. The second-order valence-corrected chi connectivity index (χ2v) is 7.54. The predicted octanol–water partition coefficient (Wildman–Crippen LogP) is 4.93. The third kappa shape index (κ3) is 4.89. The highest BCUT2D eigenvalue weighted by atomic mass is 16.5. The highest BCUT2D eigenvalue weighted by Crippen LogP contribution is 2.31. The smallest absolute Gasteiger partial charge is 0.255 e. The van der Waals surface area contributed by atoms with Crippen LogP contribution in [0.5, 0.6) is 5.75 Å². The molecular weight excluding hydrogens is 336 g/mol. The van der Waals surface area contributed by atoms with Gasteiger partial charge in [-0.05, 0) is 74.7 Å². The van der Waals surface area contributed by atoms with Gasteiger partial charge in [0.25, 0.3) is 5.91 Å². The van der Waals surface area contributed by atoms with Crippen LogP contribution in [-0.2, 0) is 0 Å². The maximum Gasteiger partial charge on any atom is 0.255 e. The monoisotopic (exact) mass is 366 g/mol. The first-order chi connectivity index (χ1) is 13.1. The number of carbonyl (C=O) groups excluding carboxylic acids is 1. The first kappa shape index (κ1) is 19.4. The number of carbonyl (C=O) groups is 1. The van der Waals surface area contributed by atoms with Gasteiger partial charge in [0.1, 0.15) is 5.75 Å². The van der Waals surface area contributed by atoms with Crippen LogP contribution in [0, 0.1) is 0 Å². The van der Waals surface area contributed by atoms with E-state index in [-0.39, 0.29) is 5.91 Å². The number of nitrogens with zero attached hydrogens (tertiary/aromatic N) is 1. The summed E-state index contributed by atoms with van der Waals surface area (Å²) in [5.41, 5.74) is 2.74. The average Bonchev–Trinajstić information content (AvgIpc) is 2.70. The Morgan fingerprint density at radius 1 is 1.19 bits per heavy atom. The number of nitrogens with one attached hydrogen (secondary N) is 1. The number of anilines is 1. The van der Waals surface area contributed by atoms with Crippen molar-refractivity contribution in [2.75, 3.05) is 26.0 Å². The van der Waals surface area contributed by atoms with E-state index < -0.39 is 0 Å². The van der Waals surface area contributed by atoms with Gasteiger partial charge in [-0.1, -0.05) is 31.5 Å². The Morgan fingerprint density at radius 2 is 1.93 bits per heavy atom. The van der Waals surface area contributed by atoms with E-state index in [1.807, 2.05) is 24.3 Å². The lowest BCUT2D eigenvalue weighted by atomic mass is 9.88. The van der Waals surface area contributed by atoms with Crippen LogP contribution >= 0.6 is 0 Å². The van der Waals surface area contributed by atoms with Crippen LogP contribution in [0.25, 0.3) is 0 Å². The van der Waals surface area contributed by atoms with Gasteiger partial charge in [-0.3, -0.25) is 4.79 Å². The highest BCUT2D eigenvalue weighted by Gasteiger charge is 2.23. The normalized spacial score (nSPS) is 18.7. The van der Waals surface area contributed by atoms with Gasteiger partial charge in [-0.2, -0.15) is 0 Å². The molecule has 27 heavy (non-hydrogen) atoms. The van der Waals surface area contributed by atoms with Crippen LogP contribution in [0.1, 0.15) is 54.4 Å². The molecule has 0 spiro atoms. The van der Waals surface area contributed by atoms with Crippen LogP contribution in [-0.4, -0.2) is 37.6 Å². The lowest BCUT2D eigenvalue weighted by molar-refractivity contribution is 0.102. The topological polar surface area (TPSA) is 41.6 Å². The Morgan fingerprint density at radius 3 is 2.63 bits per heavy atom. The number of ether oxygens (including phenoxy) is 1. The summed E-state index contributed by atoms with van der Waals surface area (Å²) in [5.74, 6) is 1.05. The molecule has 1 aliphatic rings. The average molecular weight is 367 g/mol. The molecule has 1 amide bonds. The molecule has 1 fully saturated rings. The van der Waals surface area contributed by atoms with Gasteiger partial charge in [-0.25, -0.2) is 0 Å². The van der Waals surface area contributed by atoms with Crippen molar-refractivity contribution in [2.24, 2.45) is 0 Å². The van der Waals surface area contributed by atoms with Crippen molar-refractivity contribution in [3.05, 3.63) is 59.7 Å². The molecule has 2 aromatic rings. The molecule has 1 heterocycles. The van der Waals surface area contributed by atoms with Gasteiger partial charge >= 0.3 is 0 Å². The first-order valence-corrected chi connectivity index (χ1v) is 9.83. The van der Waals surface area contributed by atoms with Crippen molar-refractivity contribution in [1.82, 2.24) is 4.90 Å². The molecule has 2 atom stereocenters. The largest absolute Gasteiger partial charge is 0.497 e. The van der Waals surface area contributed by atoms with Gasteiger partial charge in [0.15, 0.2) is 0 Å². The molecular formula is C23H30N2O2. The van der Waals surface area contributed by atoms with Gasteiger partial charge in [-0.15, -0.1) is 0 Å². The molecule has 0 aliphatic carbocycles.